The third-order valence-corrected chi connectivity index (χ3v) is 3.33. The summed E-state index contributed by atoms with van der Waals surface area (Å²) in [6, 6.07) is 9.86. The van der Waals surface area contributed by atoms with Crippen LogP contribution in [0.4, 0.5) is 15.9 Å². The Morgan fingerprint density at radius 2 is 1.95 bits per heavy atom. The van der Waals surface area contributed by atoms with E-state index in [1.54, 1.807) is 0 Å². The van der Waals surface area contributed by atoms with Gasteiger partial charge < -0.3 is 10.2 Å². The molecular weight excluding hydrogens is 253 g/mol. The second-order valence-corrected chi connectivity index (χ2v) is 4.75. The van der Waals surface area contributed by atoms with Gasteiger partial charge in [0.25, 0.3) is 0 Å². The number of benzene rings is 1. The standard InChI is InChI=1S/C16H20FN3/c1-4-12-5-7-15(8-6-12)20(3)16-13(10-18-2)9-14(17)11-19-16/h5-9,11,18H,4,10H2,1-3H3. The van der Waals surface area contributed by atoms with Crippen molar-refractivity contribution in [3.8, 4) is 0 Å². The molecule has 0 unspecified atom stereocenters. The van der Waals surface area contributed by atoms with Gasteiger partial charge in [0.15, 0.2) is 0 Å². The molecule has 2 aromatic rings. The topological polar surface area (TPSA) is 28.2 Å². The van der Waals surface area contributed by atoms with Gasteiger partial charge in [0.2, 0.25) is 0 Å². The van der Waals surface area contributed by atoms with Crippen molar-refractivity contribution in [1.29, 1.82) is 0 Å². The van der Waals surface area contributed by atoms with Gasteiger partial charge in [-0.3, -0.25) is 0 Å². The van der Waals surface area contributed by atoms with E-state index in [1.165, 1.54) is 17.8 Å². The Morgan fingerprint density at radius 1 is 1.25 bits per heavy atom. The maximum absolute atomic E-state index is 13.3. The van der Waals surface area contributed by atoms with E-state index in [-0.39, 0.29) is 5.82 Å². The Balaban J connectivity index is 2.33. The zero-order valence-corrected chi connectivity index (χ0v) is 12.2. The van der Waals surface area contributed by atoms with Gasteiger partial charge >= 0.3 is 0 Å². The molecule has 1 aromatic heterocycles. The number of hydrogen-bond donors (Lipinski definition) is 1. The molecule has 0 bridgehead atoms. The predicted molar refractivity (Wildman–Crippen MR) is 80.8 cm³/mol. The number of halogens is 1. The summed E-state index contributed by atoms with van der Waals surface area (Å²) in [5.74, 6) is 0.457. The van der Waals surface area contributed by atoms with Crippen molar-refractivity contribution in [1.82, 2.24) is 10.3 Å². The highest BCUT2D eigenvalue weighted by Gasteiger charge is 2.11. The molecule has 0 spiro atoms. The number of rotatable bonds is 5. The summed E-state index contributed by atoms with van der Waals surface area (Å²) in [5, 5.41) is 3.04. The van der Waals surface area contributed by atoms with E-state index in [0.717, 1.165) is 23.5 Å². The minimum Gasteiger partial charge on any atom is -0.329 e. The Labute approximate surface area is 119 Å². The van der Waals surface area contributed by atoms with E-state index in [1.807, 2.05) is 19.0 Å². The highest BCUT2D eigenvalue weighted by Crippen LogP contribution is 2.25. The fourth-order valence-electron chi connectivity index (χ4n) is 2.17. The lowest BCUT2D eigenvalue weighted by Crippen LogP contribution is -2.16. The molecule has 1 N–H and O–H groups in total. The maximum atomic E-state index is 13.3. The molecule has 3 nitrogen and oxygen atoms in total. The van der Waals surface area contributed by atoms with Gasteiger partial charge in [-0.2, -0.15) is 0 Å². The Morgan fingerprint density at radius 3 is 2.55 bits per heavy atom. The first-order valence-electron chi connectivity index (χ1n) is 6.77. The van der Waals surface area contributed by atoms with Gasteiger partial charge in [-0.25, -0.2) is 9.37 Å². The van der Waals surface area contributed by atoms with E-state index in [4.69, 9.17) is 0 Å². The molecule has 1 heterocycles. The van der Waals surface area contributed by atoms with Gasteiger partial charge in [0.05, 0.1) is 6.20 Å². The Hall–Kier alpha value is -1.94. The number of pyridine rings is 1. The Bertz CT molecular complexity index is 566. The van der Waals surface area contributed by atoms with Gasteiger partial charge in [-0.15, -0.1) is 0 Å². The maximum Gasteiger partial charge on any atom is 0.141 e. The van der Waals surface area contributed by atoms with Crippen LogP contribution in [0.2, 0.25) is 0 Å². The molecule has 0 amide bonds. The molecule has 0 saturated carbocycles. The summed E-state index contributed by atoms with van der Waals surface area (Å²) in [6.07, 6.45) is 2.27. The highest BCUT2D eigenvalue weighted by atomic mass is 19.1. The van der Waals surface area contributed by atoms with Crippen LogP contribution in [0.5, 0.6) is 0 Å². The average Bonchev–Trinajstić information content (AvgIpc) is 2.47. The molecule has 4 heteroatoms. The number of aromatic nitrogens is 1. The van der Waals surface area contributed by atoms with Crippen molar-refractivity contribution in [2.75, 3.05) is 19.0 Å². The summed E-state index contributed by atoms with van der Waals surface area (Å²) < 4.78 is 13.3. The van der Waals surface area contributed by atoms with Crippen LogP contribution in [-0.2, 0) is 13.0 Å². The molecular formula is C16H20FN3. The van der Waals surface area contributed by atoms with E-state index in [2.05, 4.69) is 41.5 Å². The first-order valence-corrected chi connectivity index (χ1v) is 6.77. The molecule has 0 radical (unpaired) electrons. The van der Waals surface area contributed by atoms with E-state index < -0.39 is 0 Å². The second kappa shape index (κ2) is 6.48. The van der Waals surface area contributed by atoms with Crippen molar-refractivity contribution in [2.45, 2.75) is 19.9 Å². The number of anilines is 2. The highest BCUT2D eigenvalue weighted by molar-refractivity contribution is 5.62. The molecule has 1 aromatic carbocycles. The minimum absolute atomic E-state index is 0.311. The zero-order valence-electron chi connectivity index (χ0n) is 12.2. The molecule has 0 saturated heterocycles. The lowest BCUT2D eigenvalue weighted by atomic mass is 10.1. The van der Waals surface area contributed by atoms with Crippen LogP contribution in [-0.4, -0.2) is 19.1 Å². The number of hydrogen-bond acceptors (Lipinski definition) is 3. The molecule has 0 aliphatic carbocycles. The van der Waals surface area contributed by atoms with Crippen LogP contribution in [0, 0.1) is 5.82 Å². The molecule has 0 aliphatic rings. The normalized spacial score (nSPS) is 10.6. The summed E-state index contributed by atoms with van der Waals surface area (Å²) in [6.45, 7) is 2.71. The van der Waals surface area contributed by atoms with Crippen molar-refractivity contribution < 1.29 is 4.39 Å². The lowest BCUT2D eigenvalue weighted by Gasteiger charge is -2.21. The number of nitrogens with zero attached hydrogens (tertiary/aromatic N) is 2. The summed E-state index contributed by atoms with van der Waals surface area (Å²) in [4.78, 5) is 6.20. The molecule has 2 rings (SSSR count). The van der Waals surface area contributed by atoms with Crippen LogP contribution in [0.3, 0.4) is 0 Å². The van der Waals surface area contributed by atoms with Crippen LogP contribution >= 0.6 is 0 Å². The average molecular weight is 273 g/mol. The van der Waals surface area contributed by atoms with E-state index in [0.29, 0.717) is 6.54 Å². The predicted octanol–water partition coefficient (Wildman–Crippen LogP) is 3.27. The molecule has 20 heavy (non-hydrogen) atoms. The first-order chi connectivity index (χ1) is 9.65. The number of nitrogens with one attached hydrogen (secondary N) is 1. The van der Waals surface area contributed by atoms with Crippen molar-refractivity contribution >= 4 is 11.5 Å². The van der Waals surface area contributed by atoms with Crippen molar-refractivity contribution in [3.05, 3.63) is 53.5 Å². The third kappa shape index (κ3) is 3.14. The molecule has 0 atom stereocenters. The lowest BCUT2D eigenvalue weighted by molar-refractivity contribution is 0.616. The van der Waals surface area contributed by atoms with Gasteiger partial charge in [-0.05, 0) is 37.2 Å². The van der Waals surface area contributed by atoms with Crippen molar-refractivity contribution in [2.24, 2.45) is 0 Å². The molecule has 0 aliphatic heterocycles. The van der Waals surface area contributed by atoms with Crippen LogP contribution in [0.25, 0.3) is 0 Å². The smallest absolute Gasteiger partial charge is 0.141 e. The van der Waals surface area contributed by atoms with E-state index in [9.17, 15) is 4.39 Å². The van der Waals surface area contributed by atoms with Crippen LogP contribution in [0.15, 0.2) is 36.5 Å². The van der Waals surface area contributed by atoms with Crippen molar-refractivity contribution in [3.63, 3.8) is 0 Å². The molecule has 0 fully saturated rings. The summed E-state index contributed by atoms with van der Waals surface area (Å²) in [7, 11) is 3.78. The fourth-order valence-corrected chi connectivity index (χ4v) is 2.17. The van der Waals surface area contributed by atoms with Crippen LogP contribution < -0.4 is 10.2 Å². The summed E-state index contributed by atoms with van der Waals surface area (Å²) >= 11 is 0. The Kier molecular flexibility index (Phi) is 4.69. The third-order valence-electron chi connectivity index (χ3n) is 3.33. The minimum atomic E-state index is -0.311. The van der Waals surface area contributed by atoms with Gasteiger partial charge in [0, 0.05) is 24.8 Å². The number of aryl methyl sites for hydroxylation is 1. The zero-order chi connectivity index (χ0) is 14.5. The largest absolute Gasteiger partial charge is 0.329 e. The quantitative estimate of drug-likeness (QED) is 0.906. The van der Waals surface area contributed by atoms with Crippen LogP contribution in [0.1, 0.15) is 18.1 Å². The van der Waals surface area contributed by atoms with Gasteiger partial charge in [0.1, 0.15) is 11.6 Å². The fraction of sp³-hybridized carbons (Fsp3) is 0.312. The van der Waals surface area contributed by atoms with E-state index >= 15 is 0 Å². The SMILES string of the molecule is CCc1ccc(N(C)c2ncc(F)cc2CNC)cc1. The summed E-state index contributed by atoms with van der Waals surface area (Å²) in [5.41, 5.74) is 3.18. The molecule has 106 valence electrons. The second-order valence-electron chi connectivity index (χ2n) is 4.75. The van der Waals surface area contributed by atoms with Gasteiger partial charge in [-0.1, -0.05) is 19.1 Å². The first kappa shape index (κ1) is 14.5. The monoisotopic (exact) mass is 273 g/mol.